The van der Waals surface area contributed by atoms with E-state index in [2.05, 4.69) is 157 Å². The van der Waals surface area contributed by atoms with Crippen LogP contribution in [0.5, 0.6) is 0 Å². The predicted octanol–water partition coefficient (Wildman–Crippen LogP) is 13.1. The summed E-state index contributed by atoms with van der Waals surface area (Å²) < 4.78 is 2.62. The van der Waals surface area contributed by atoms with Crippen LogP contribution >= 0.6 is 11.3 Å². The lowest BCUT2D eigenvalue weighted by molar-refractivity contribution is 0.767. The number of rotatable bonds is 4. The molecular formula is C53H32N4S. The summed E-state index contributed by atoms with van der Waals surface area (Å²) in [5.74, 6) is 0.625. The number of pyridine rings is 2. The number of hydrogen-bond donors (Lipinski definition) is 0. The van der Waals surface area contributed by atoms with E-state index in [-0.39, 0.29) is 0 Å². The quantitative estimate of drug-likeness (QED) is 0.179. The van der Waals surface area contributed by atoms with Gasteiger partial charge in [0.1, 0.15) is 0 Å². The van der Waals surface area contributed by atoms with E-state index < -0.39 is 5.41 Å². The third-order valence-corrected chi connectivity index (χ3v) is 13.0. The molecule has 6 aromatic carbocycles. The number of aromatic nitrogens is 4. The number of fused-ring (bicyclic) bond motifs is 12. The van der Waals surface area contributed by atoms with Crippen LogP contribution in [0.3, 0.4) is 0 Å². The minimum absolute atomic E-state index is 0.585. The molecule has 0 radical (unpaired) electrons. The van der Waals surface area contributed by atoms with Gasteiger partial charge in [-0.05, 0) is 99.1 Å². The molecule has 270 valence electrons. The second-order valence-corrected chi connectivity index (χ2v) is 16.1. The summed E-state index contributed by atoms with van der Waals surface area (Å²) in [5, 5.41) is 2.60. The topological polar surface area (TPSA) is 51.6 Å². The van der Waals surface area contributed by atoms with E-state index in [9.17, 15) is 0 Å². The summed E-state index contributed by atoms with van der Waals surface area (Å²) in [6, 6.07) is 59.1. The largest absolute Gasteiger partial charge is 0.264 e. The number of nitrogens with zero attached hydrogens (tertiary/aromatic N) is 4. The highest BCUT2D eigenvalue weighted by Crippen LogP contribution is 2.60. The standard InChI is InChI=1S/C53H32N4S/c1-2-12-35(13-3-1)48-30-49(57-52(56-48)38-24-25-47(55-32-38)37-14-10-26-54-31-37)36-23-22-34-21-20-33-11-4-7-17-43(33)53(45(34)27-36)44-18-8-5-15-39(44)41-29-51-42(28-46(41)53)40-16-6-9-19-50(40)58-51/h1-32H. The highest BCUT2D eigenvalue weighted by atomic mass is 32.1. The van der Waals surface area contributed by atoms with Crippen molar-refractivity contribution < 1.29 is 0 Å². The van der Waals surface area contributed by atoms with Crippen LogP contribution < -0.4 is 0 Å². The molecule has 58 heavy (non-hydrogen) atoms. The Labute approximate surface area is 339 Å². The van der Waals surface area contributed by atoms with Gasteiger partial charge in [-0.3, -0.25) is 9.97 Å². The van der Waals surface area contributed by atoms with Crippen LogP contribution in [-0.2, 0) is 5.41 Å². The van der Waals surface area contributed by atoms with Gasteiger partial charge in [0.15, 0.2) is 5.82 Å². The van der Waals surface area contributed by atoms with Gasteiger partial charge in [0.25, 0.3) is 0 Å². The summed E-state index contributed by atoms with van der Waals surface area (Å²) in [4.78, 5) is 19.6. The molecule has 1 atom stereocenters. The Kier molecular flexibility index (Phi) is 7.28. The molecule has 0 aliphatic heterocycles. The first kappa shape index (κ1) is 32.9. The smallest absolute Gasteiger partial charge is 0.161 e. The van der Waals surface area contributed by atoms with Crippen LogP contribution in [0.4, 0.5) is 0 Å². The lowest BCUT2D eigenvalue weighted by Crippen LogP contribution is -2.30. The molecular weight excluding hydrogens is 725 g/mol. The monoisotopic (exact) mass is 756 g/mol. The fraction of sp³-hybridized carbons (Fsp3) is 0.0189. The maximum atomic E-state index is 5.31. The minimum atomic E-state index is -0.585. The van der Waals surface area contributed by atoms with E-state index in [0.29, 0.717) is 5.82 Å². The molecule has 4 aromatic heterocycles. The minimum Gasteiger partial charge on any atom is -0.264 e. The first-order chi connectivity index (χ1) is 28.7. The van der Waals surface area contributed by atoms with E-state index in [1.165, 1.54) is 64.7 Å². The highest BCUT2D eigenvalue weighted by Gasteiger charge is 2.49. The Balaban J connectivity index is 1.11. The Hall–Kier alpha value is -7.34. The number of benzene rings is 6. The van der Waals surface area contributed by atoms with Gasteiger partial charge in [-0.1, -0.05) is 121 Å². The molecule has 0 N–H and O–H groups in total. The van der Waals surface area contributed by atoms with Crippen LogP contribution in [0.15, 0.2) is 182 Å². The van der Waals surface area contributed by atoms with E-state index in [4.69, 9.17) is 15.0 Å². The molecule has 2 aliphatic rings. The maximum absolute atomic E-state index is 5.31. The van der Waals surface area contributed by atoms with Gasteiger partial charge in [0, 0.05) is 61.0 Å². The molecule has 10 aromatic rings. The second-order valence-electron chi connectivity index (χ2n) is 15.0. The van der Waals surface area contributed by atoms with Gasteiger partial charge in [-0.15, -0.1) is 11.3 Å². The molecule has 0 bridgehead atoms. The molecule has 0 fully saturated rings. The average Bonchev–Trinajstić information content (AvgIpc) is 3.75. The fourth-order valence-electron chi connectivity index (χ4n) is 9.26. The third kappa shape index (κ3) is 4.93. The first-order valence-electron chi connectivity index (χ1n) is 19.5. The zero-order chi connectivity index (χ0) is 38.2. The summed E-state index contributed by atoms with van der Waals surface area (Å²) in [5.41, 5.74) is 15.9. The van der Waals surface area contributed by atoms with E-state index >= 15 is 0 Å². The molecule has 5 heteroatoms. The maximum Gasteiger partial charge on any atom is 0.161 e. The first-order valence-corrected chi connectivity index (χ1v) is 20.3. The summed E-state index contributed by atoms with van der Waals surface area (Å²) in [6.45, 7) is 0. The van der Waals surface area contributed by atoms with Crippen LogP contribution in [0, 0.1) is 0 Å². The van der Waals surface area contributed by atoms with Gasteiger partial charge in [0.05, 0.1) is 22.5 Å². The van der Waals surface area contributed by atoms with Crippen LogP contribution in [0.2, 0.25) is 0 Å². The summed E-state index contributed by atoms with van der Waals surface area (Å²) in [7, 11) is 0. The highest BCUT2D eigenvalue weighted by molar-refractivity contribution is 7.25. The molecule has 12 rings (SSSR count). The molecule has 1 spiro atoms. The normalized spacial score (nSPS) is 14.9. The lowest BCUT2D eigenvalue weighted by Gasteiger charge is -2.35. The Bertz CT molecular complexity index is 3280. The van der Waals surface area contributed by atoms with Crippen molar-refractivity contribution in [3.05, 3.63) is 216 Å². The van der Waals surface area contributed by atoms with Gasteiger partial charge in [0.2, 0.25) is 0 Å². The van der Waals surface area contributed by atoms with Crippen molar-refractivity contribution in [3.63, 3.8) is 0 Å². The Morgan fingerprint density at radius 2 is 1.16 bits per heavy atom. The summed E-state index contributed by atoms with van der Waals surface area (Å²) in [6.07, 6.45) is 10.1. The van der Waals surface area contributed by atoms with Gasteiger partial charge in [-0.2, -0.15) is 0 Å². The van der Waals surface area contributed by atoms with Crippen molar-refractivity contribution in [2.75, 3.05) is 0 Å². The van der Waals surface area contributed by atoms with Crippen molar-refractivity contribution >= 4 is 43.7 Å². The molecule has 4 heterocycles. The van der Waals surface area contributed by atoms with Crippen molar-refractivity contribution in [2.45, 2.75) is 5.41 Å². The Morgan fingerprint density at radius 1 is 0.414 bits per heavy atom. The lowest BCUT2D eigenvalue weighted by atomic mass is 9.65. The fourth-order valence-corrected chi connectivity index (χ4v) is 10.4. The SMILES string of the molecule is C1=Cc2ccc(-c3cc(-c4ccccc4)nc(-c4ccc(-c5cccnc5)nc4)n3)cc2C2(c3ccccc31)c1ccccc1-c1cc3sc4ccccc4c3cc12. The average molecular weight is 757 g/mol. The van der Waals surface area contributed by atoms with Gasteiger partial charge >= 0.3 is 0 Å². The second kappa shape index (κ2) is 12.8. The molecule has 2 aliphatic carbocycles. The third-order valence-electron chi connectivity index (χ3n) is 11.9. The van der Waals surface area contributed by atoms with E-state index in [0.717, 1.165) is 39.3 Å². The van der Waals surface area contributed by atoms with Crippen molar-refractivity contribution in [3.8, 4) is 56.3 Å². The zero-order valence-electron chi connectivity index (χ0n) is 31.2. The Morgan fingerprint density at radius 3 is 2.00 bits per heavy atom. The molecule has 0 amide bonds. The number of thiophene rings is 1. The van der Waals surface area contributed by atoms with E-state index in [1.807, 2.05) is 48.0 Å². The molecule has 1 unspecified atom stereocenters. The van der Waals surface area contributed by atoms with Crippen LogP contribution in [0.1, 0.15) is 33.4 Å². The molecule has 0 saturated heterocycles. The van der Waals surface area contributed by atoms with Crippen molar-refractivity contribution in [2.24, 2.45) is 0 Å². The zero-order valence-corrected chi connectivity index (χ0v) is 32.0. The molecule has 0 saturated carbocycles. The predicted molar refractivity (Wildman–Crippen MR) is 238 cm³/mol. The van der Waals surface area contributed by atoms with Gasteiger partial charge < -0.3 is 0 Å². The number of hydrogen-bond acceptors (Lipinski definition) is 5. The molecule has 4 nitrogen and oxygen atoms in total. The van der Waals surface area contributed by atoms with E-state index in [1.54, 1.807) is 6.20 Å². The van der Waals surface area contributed by atoms with Crippen LogP contribution in [0.25, 0.3) is 88.6 Å². The van der Waals surface area contributed by atoms with Crippen molar-refractivity contribution in [1.82, 2.24) is 19.9 Å². The van der Waals surface area contributed by atoms with Crippen molar-refractivity contribution in [1.29, 1.82) is 0 Å². The summed E-state index contributed by atoms with van der Waals surface area (Å²) >= 11 is 1.88. The van der Waals surface area contributed by atoms with Crippen LogP contribution in [-0.4, -0.2) is 19.9 Å². The van der Waals surface area contributed by atoms with Gasteiger partial charge in [-0.25, -0.2) is 9.97 Å².